The van der Waals surface area contributed by atoms with Crippen molar-refractivity contribution in [3.8, 4) is 6.07 Å². The molecule has 2 aliphatic rings. The monoisotopic (exact) mass is 461 g/mol. The SMILES string of the molecule is N#CC(=Cc1c(N2CCC3(CC2)OCCO3)nc2ccccn2c1=O)C(=O)NCc1ccco1. The lowest BCUT2D eigenvalue weighted by atomic mass is 10.0. The van der Waals surface area contributed by atoms with Gasteiger partial charge in [0, 0.05) is 32.1 Å². The molecule has 2 fully saturated rings. The van der Waals surface area contributed by atoms with E-state index in [1.807, 2.05) is 11.0 Å². The van der Waals surface area contributed by atoms with E-state index < -0.39 is 11.7 Å². The van der Waals surface area contributed by atoms with Gasteiger partial charge >= 0.3 is 0 Å². The van der Waals surface area contributed by atoms with E-state index in [1.54, 1.807) is 36.5 Å². The fraction of sp³-hybridized carbons (Fsp3) is 0.333. The number of nitrogens with one attached hydrogen (secondary N) is 1. The summed E-state index contributed by atoms with van der Waals surface area (Å²) in [5.41, 5.74) is 0.103. The molecule has 0 bridgehead atoms. The molecule has 5 heterocycles. The molecule has 0 unspecified atom stereocenters. The third kappa shape index (κ3) is 4.19. The molecule has 34 heavy (non-hydrogen) atoms. The fourth-order valence-corrected chi connectivity index (χ4v) is 4.27. The fourth-order valence-electron chi connectivity index (χ4n) is 4.27. The van der Waals surface area contributed by atoms with Crippen molar-refractivity contribution < 1.29 is 18.7 Å². The zero-order chi connectivity index (χ0) is 23.5. The van der Waals surface area contributed by atoms with Gasteiger partial charge in [0.25, 0.3) is 11.5 Å². The Morgan fingerprint density at radius 3 is 2.71 bits per heavy atom. The van der Waals surface area contributed by atoms with Gasteiger partial charge in [-0.05, 0) is 30.3 Å². The van der Waals surface area contributed by atoms with Gasteiger partial charge in [-0.25, -0.2) is 4.98 Å². The summed E-state index contributed by atoms with van der Waals surface area (Å²) in [6.45, 7) is 2.39. The third-order valence-corrected chi connectivity index (χ3v) is 6.04. The maximum absolute atomic E-state index is 13.4. The van der Waals surface area contributed by atoms with E-state index in [9.17, 15) is 14.9 Å². The van der Waals surface area contributed by atoms with E-state index >= 15 is 0 Å². The van der Waals surface area contributed by atoms with Gasteiger partial charge in [0.15, 0.2) is 5.79 Å². The molecular weight excluding hydrogens is 438 g/mol. The molecule has 0 aromatic carbocycles. The average Bonchev–Trinajstić information content (AvgIpc) is 3.55. The first kappa shape index (κ1) is 21.9. The second kappa shape index (κ2) is 9.13. The lowest BCUT2D eigenvalue weighted by Gasteiger charge is -2.38. The molecule has 1 amide bonds. The number of aromatic nitrogens is 2. The van der Waals surface area contributed by atoms with Crippen molar-refractivity contribution in [3.63, 3.8) is 0 Å². The first-order valence-electron chi connectivity index (χ1n) is 11.1. The van der Waals surface area contributed by atoms with Crippen molar-refractivity contribution in [1.29, 1.82) is 5.26 Å². The van der Waals surface area contributed by atoms with E-state index in [1.165, 1.54) is 16.7 Å². The molecule has 3 aromatic rings. The number of nitriles is 1. The van der Waals surface area contributed by atoms with Crippen LogP contribution >= 0.6 is 0 Å². The summed E-state index contributed by atoms with van der Waals surface area (Å²) >= 11 is 0. The van der Waals surface area contributed by atoms with E-state index in [-0.39, 0.29) is 23.2 Å². The smallest absolute Gasteiger partial charge is 0.267 e. The highest BCUT2D eigenvalue weighted by Gasteiger charge is 2.40. The molecule has 0 atom stereocenters. The molecule has 10 nitrogen and oxygen atoms in total. The van der Waals surface area contributed by atoms with Gasteiger partial charge in [-0.15, -0.1) is 0 Å². The highest BCUT2D eigenvalue weighted by Crippen LogP contribution is 2.33. The predicted molar refractivity (Wildman–Crippen MR) is 122 cm³/mol. The summed E-state index contributed by atoms with van der Waals surface area (Å²) in [5, 5.41) is 12.3. The van der Waals surface area contributed by atoms with Gasteiger partial charge < -0.3 is 24.1 Å². The van der Waals surface area contributed by atoms with Crippen LogP contribution in [0.3, 0.4) is 0 Å². The van der Waals surface area contributed by atoms with Crippen molar-refractivity contribution in [1.82, 2.24) is 14.7 Å². The number of rotatable bonds is 5. The second-order valence-electron chi connectivity index (χ2n) is 8.11. The Kier molecular flexibility index (Phi) is 5.88. The van der Waals surface area contributed by atoms with Crippen LogP contribution < -0.4 is 15.8 Å². The van der Waals surface area contributed by atoms with Gasteiger partial charge in [0.2, 0.25) is 0 Å². The quantitative estimate of drug-likeness (QED) is 0.451. The molecular formula is C24H23N5O5. The van der Waals surface area contributed by atoms with Crippen LogP contribution in [0, 0.1) is 11.3 Å². The van der Waals surface area contributed by atoms with Crippen molar-refractivity contribution in [2.45, 2.75) is 25.2 Å². The van der Waals surface area contributed by atoms with Crippen LogP contribution in [0.15, 0.2) is 57.6 Å². The maximum atomic E-state index is 13.4. The summed E-state index contributed by atoms with van der Waals surface area (Å²) < 4.78 is 18.2. The second-order valence-corrected chi connectivity index (χ2v) is 8.11. The molecule has 0 radical (unpaired) electrons. The Labute approximate surface area is 195 Å². The Morgan fingerprint density at radius 2 is 2.00 bits per heavy atom. The summed E-state index contributed by atoms with van der Waals surface area (Å²) in [6, 6.07) is 10.6. The van der Waals surface area contributed by atoms with Crippen LogP contribution in [0.1, 0.15) is 24.2 Å². The molecule has 174 valence electrons. The normalized spacial score (nSPS) is 17.7. The van der Waals surface area contributed by atoms with E-state index in [0.717, 1.165) is 0 Å². The number of furan rings is 1. The minimum atomic E-state index is -0.604. The summed E-state index contributed by atoms with van der Waals surface area (Å²) in [7, 11) is 0. The lowest BCUT2D eigenvalue weighted by Crippen LogP contribution is -2.46. The van der Waals surface area contributed by atoms with Gasteiger partial charge in [-0.3, -0.25) is 14.0 Å². The zero-order valence-corrected chi connectivity index (χ0v) is 18.4. The number of anilines is 1. The van der Waals surface area contributed by atoms with Crippen LogP contribution in [-0.2, 0) is 20.8 Å². The number of carbonyl (C=O) groups excluding carboxylic acids is 1. The predicted octanol–water partition coefficient (Wildman–Crippen LogP) is 1.85. The number of ether oxygens (including phenoxy) is 2. The summed E-state index contributed by atoms with van der Waals surface area (Å²) in [4.78, 5) is 32.8. The zero-order valence-electron chi connectivity index (χ0n) is 18.4. The number of hydrogen-bond acceptors (Lipinski definition) is 8. The van der Waals surface area contributed by atoms with Gasteiger partial charge in [0.1, 0.15) is 28.9 Å². The minimum absolute atomic E-state index is 0.126. The maximum Gasteiger partial charge on any atom is 0.267 e. The first-order chi connectivity index (χ1) is 16.6. The van der Waals surface area contributed by atoms with E-state index in [4.69, 9.17) is 18.9 Å². The average molecular weight is 461 g/mol. The van der Waals surface area contributed by atoms with Crippen LogP contribution in [-0.4, -0.2) is 47.4 Å². The molecule has 3 aromatic heterocycles. The first-order valence-corrected chi connectivity index (χ1v) is 11.1. The molecule has 10 heteroatoms. The third-order valence-electron chi connectivity index (χ3n) is 6.04. The molecule has 0 aliphatic carbocycles. The number of fused-ring (bicyclic) bond motifs is 1. The Morgan fingerprint density at radius 1 is 1.21 bits per heavy atom. The molecule has 1 N–H and O–H groups in total. The Bertz CT molecular complexity index is 1320. The molecule has 1 spiro atoms. The number of hydrogen-bond donors (Lipinski definition) is 1. The van der Waals surface area contributed by atoms with Crippen LogP contribution in [0.4, 0.5) is 5.82 Å². The topological polar surface area (TPSA) is 122 Å². The standard InChI is InChI=1S/C24H23N5O5/c25-15-17(22(30)26-16-18-4-3-11-32-18)14-19-21(27-20-5-1-2-8-29(20)23(19)31)28-9-6-24(7-10-28)33-12-13-34-24/h1-5,8,11,14H,6-7,9-10,12-13,16H2,(H,26,30). The van der Waals surface area contributed by atoms with Gasteiger partial charge in [-0.2, -0.15) is 5.26 Å². The number of pyridine rings is 1. The number of amides is 1. The summed E-state index contributed by atoms with van der Waals surface area (Å²) in [6.07, 6.45) is 5.68. The lowest BCUT2D eigenvalue weighted by molar-refractivity contribution is -0.169. The van der Waals surface area contributed by atoms with E-state index in [0.29, 0.717) is 56.4 Å². The number of nitrogens with zero attached hydrogens (tertiary/aromatic N) is 4. The van der Waals surface area contributed by atoms with Crippen molar-refractivity contribution in [2.75, 3.05) is 31.2 Å². The van der Waals surface area contributed by atoms with Crippen molar-refractivity contribution >= 4 is 23.4 Å². The molecule has 2 aliphatic heterocycles. The van der Waals surface area contributed by atoms with Gasteiger partial charge in [0.05, 0.1) is 31.6 Å². The van der Waals surface area contributed by atoms with Gasteiger partial charge in [-0.1, -0.05) is 6.07 Å². The molecule has 5 rings (SSSR count). The van der Waals surface area contributed by atoms with E-state index in [2.05, 4.69) is 5.32 Å². The van der Waals surface area contributed by atoms with Crippen LogP contribution in [0.5, 0.6) is 0 Å². The van der Waals surface area contributed by atoms with Crippen LogP contribution in [0.2, 0.25) is 0 Å². The highest BCUT2D eigenvalue weighted by atomic mass is 16.7. The number of carbonyl (C=O) groups is 1. The van der Waals surface area contributed by atoms with Crippen LogP contribution in [0.25, 0.3) is 11.7 Å². The molecule has 2 saturated heterocycles. The highest BCUT2D eigenvalue weighted by molar-refractivity contribution is 6.02. The minimum Gasteiger partial charge on any atom is -0.467 e. The Hall–Kier alpha value is -3.94. The molecule has 0 saturated carbocycles. The largest absolute Gasteiger partial charge is 0.467 e. The van der Waals surface area contributed by atoms with Crippen molar-refractivity contribution in [3.05, 3.63) is 70.0 Å². The number of piperidine rings is 1. The van der Waals surface area contributed by atoms with Crippen molar-refractivity contribution in [2.24, 2.45) is 0 Å². The summed E-state index contributed by atoms with van der Waals surface area (Å²) in [5.74, 6) is -0.206. The Balaban J connectivity index is 1.49.